The molecule has 5 rings (SSSR count). The Balaban J connectivity index is 0.000000172. The molecule has 184 valence electrons. The first-order chi connectivity index (χ1) is 17.0. The molecule has 10 heteroatoms. The summed E-state index contributed by atoms with van der Waals surface area (Å²) in [5.41, 5.74) is 1.99. The van der Waals surface area contributed by atoms with Crippen LogP contribution in [0.15, 0.2) is 47.6 Å². The fourth-order valence-electron chi connectivity index (χ4n) is 4.09. The second-order valence-corrected chi connectivity index (χ2v) is 9.37. The number of nitrogens with one attached hydrogen (secondary N) is 2. The first kappa shape index (κ1) is 24.6. The van der Waals surface area contributed by atoms with Crippen molar-refractivity contribution in [2.75, 3.05) is 30.1 Å². The topological polar surface area (TPSA) is 123 Å². The van der Waals surface area contributed by atoms with Crippen molar-refractivity contribution in [2.45, 2.75) is 37.0 Å². The Morgan fingerprint density at radius 1 is 1.17 bits per heavy atom. The summed E-state index contributed by atoms with van der Waals surface area (Å²) < 4.78 is 11.2. The molecule has 1 saturated carbocycles. The number of carboxylic acid groups (broad SMARTS) is 1. The minimum Gasteiger partial charge on any atom is -0.497 e. The fourth-order valence-corrected chi connectivity index (χ4v) is 4.88. The molecule has 2 aromatic carbocycles. The van der Waals surface area contributed by atoms with Crippen LogP contribution in [0.2, 0.25) is 0 Å². The number of fused-ring (bicyclic) bond motifs is 2. The normalized spacial score (nSPS) is 15.3. The average Bonchev–Trinajstić information content (AvgIpc) is 2.87. The van der Waals surface area contributed by atoms with Crippen LogP contribution in [-0.2, 0) is 4.79 Å². The average molecular weight is 497 g/mol. The number of nitrogens with zero attached hydrogens (tertiary/aromatic N) is 2. The van der Waals surface area contributed by atoms with E-state index in [1.165, 1.54) is 43.9 Å². The van der Waals surface area contributed by atoms with E-state index in [2.05, 4.69) is 20.6 Å². The Labute approximate surface area is 207 Å². The highest BCUT2D eigenvalue weighted by Gasteiger charge is 2.16. The van der Waals surface area contributed by atoms with Gasteiger partial charge < -0.3 is 19.9 Å². The quantitative estimate of drug-likeness (QED) is 0.428. The number of amides is 2. The third-order valence-corrected chi connectivity index (χ3v) is 6.92. The number of carbonyl (C=O) groups excluding carboxylic acids is 1. The number of rotatable bonds is 5. The van der Waals surface area contributed by atoms with Crippen molar-refractivity contribution < 1.29 is 24.2 Å². The highest BCUT2D eigenvalue weighted by molar-refractivity contribution is 8.00. The Bertz CT molecular complexity index is 1200. The molecule has 2 heterocycles. The van der Waals surface area contributed by atoms with Gasteiger partial charge in [-0.2, -0.15) is 0 Å². The molecule has 0 saturated heterocycles. The van der Waals surface area contributed by atoms with Gasteiger partial charge in [0.25, 0.3) is 0 Å². The maximum atomic E-state index is 11.1. The zero-order valence-electron chi connectivity index (χ0n) is 19.5. The van der Waals surface area contributed by atoms with Crippen LogP contribution < -0.4 is 20.1 Å². The van der Waals surface area contributed by atoms with Gasteiger partial charge in [-0.15, -0.1) is 11.8 Å². The SMILES string of the molecule is COc1ccc2ncnc(OCC3CCCCC3)c2c1.O=C(O)Nc1ccc2c(c1)NC(=O)CS2. The molecular weight excluding hydrogens is 468 g/mol. The van der Waals surface area contributed by atoms with E-state index < -0.39 is 6.09 Å². The van der Waals surface area contributed by atoms with Crippen LogP contribution in [0.1, 0.15) is 32.1 Å². The van der Waals surface area contributed by atoms with Gasteiger partial charge in [-0.05, 0) is 55.2 Å². The molecule has 0 atom stereocenters. The second kappa shape index (κ2) is 11.7. The van der Waals surface area contributed by atoms with Crippen LogP contribution in [0.4, 0.5) is 16.2 Å². The summed E-state index contributed by atoms with van der Waals surface area (Å²) in [7, 11) is 1.66. The summed E-state index contributed by atoms with van der Waals surface area (Å²) in [6.07, 6.45) is 7.00. The number of hydrogen-bond donors (Lipinski definition) is 3. The highest BCUT2D eigenvalue weighted by Crippen LogP contribution is 2.33. The molecule has 9 nitrogen and oxygen atoms in total. The molecule has 0 radical (unpaired) electrons. The summed E-state index contributed by atoms with van der Waals surface area (Å²) in [5.74, 6) is 2.47. The first-order valence-electron chi connectivity index (χ1n) is 11.5. The monoisotopic (exact) mass is 496 g/mol. The summed E-state index contributed by atoms with van der Waals surface area (Å²) in [6.45, 7) is 0.753. The number of hydrogen-bond acceptors (Lipinski definition) is 7. The standard InChI is InChI=1S/C16H20N2O2.C9H8N2O3S/c1-19-13-7-8-15-14(9-13)16(18-11-17-15)20-10-12-5-3-2-4-6-12;12-8-4-15-7-2-1-5(10-9(13)14)3-6(7)11-8/h7-9,11-12H,2-6,10H2,1H3;1-3,10H,4H2,(H,11,12)(H,13,14). The number of methoxy groups -OCH3 is 1. The van der Waals surface area contributed by atoms with Gasteiger partial charge in [0.2, 0.25) is 11.8 Å². The largest absolute Gasteiger partial charge is 0.497 e. The lowest BCUT2D eigenvalue weighted by Gasteiger charge is -2.21. The number of benzene rings is 2. The molecule has 1 aromatic heterocycles. The van der Waals surface area contributed by atoms with E-state index in [4.69, 9.17) is 14.6 Å². The van der Waals surface area contributed by atoms with E-state index in [9.17, 15) is 9.59 Å². The van der Waals surface area contributed by atoms with Gasteiger partial charge in [-0.25, -0.2) is 14.8 Å². The van der Waals surface area contributed by atoms with Gasteiger partial charge in [-0.3, -0.25) is 10.1 Å². The predicted octanol–water partition coefficient (Wildman–Crippen LogP) is 5.42. The zero-order chi connectivity index (χ0) is 24.6. The van der Waals surface area contributed by atoms with Crippen LogP contribution in [-0.4, -0.2) is 46.5 Å². The highest BCUT2D eigenvalue weighted by atomic mass is 32.2. The first-order valence-corrected chi connectivity index (χ1v) is 12.5. The molecule has 2 amide bonds. The van der Waals surface area contributed by atoms with Crippen molar-refractivity contribution in [2.24, 2.45) is 5.92 Å². The van der Waals surface area contributed by atoms with Crippen molar-refractivity contribution in [3.8, 4) is 11.6 Å². The van der Waals surface area contributed by atoms with Gasteiger partial charge in [0, 0.05) is 10.6 Å². The molecule has 35 heavy (non-hydrogen) atoms. The predicted molar refractivity (Wildman–Crippen MR) is 136 cm³/mol. The molecule has 0 unspecified atom stereocenters. The Morgan fingerprint density at radius 3 is 2.77 bits per heavy atom. The van der Waals surface area contributed by atoms with Gasteiger partial charge in [0.1, 0.15) is 12.1 Å². The van der Waals surface area contributed by atoms with Crippen molar-refractivity contribution >= 4 is 46.0 Å². The molecule has 2 aliphatic rings. The van der Waals surface area contributed by atoms with Gasteiger partial charge in [0.05, 0.1) is 36.1 Å². The van der Waals surface area contributed by atoms with Crippen molar-refractivity contribution in [3.63, 3.8) is 0 Å². The minimum atomic E-state index is -1.12. The van der Waals surface area contributed by atoms with Crippen molar-refractivity contribution in [1.82, 2.24) is 9.97 Å². The van der Waals surface area contributed by atoms with Crippen molar-refractivity contribution in [3.05, 3.63) is 42.7 Å². The van der Waals surface area contributed by atoms with E-state index in [0.717, 1.165) is 28.2 Å². The maximum Gasteiger partial charge on any atom is 0.409 e. The summed E-state index contributed by atoms with van der Waals surface area (Å²) in [4.78, 5) is 31.0. The molecule has 1 aliphatic heterocycles. The lowest BCUT2D eigenvalue weighted by Crippen LogP contribution is -2.19. The Hall–Kier alpha value is -3.53. The van der Waals surface area contributed by atoms with E-state index in [1.807, 2.05) is 18.2 Å². The fraction of sp³-hybridized carbons (Fsp3) is 0.360. The molecule has 1 fully saturated rings. The summed E-state index contributed by atoms with van der Waals surface area (Å²) in [6, 6.07) is 10.8. The van der Waals surface area contributed by atoms with Crippen LogP contribution in [0, 0.1) is 5.92 Å². The van der Waals surface area contributed by atoms with Crippen LogP contribution in [0.3, 0.4) is 0 Å². The maximum absolute atomic E-state index is 11.1. The number of aromatic nitrogens is 2. The molecular formula is C25H28N4O5S. The zero-order valence-corrected chi connectivity index (χ0v) is 20.3. The van der Waals surface area contributed by atoms with E-state index >= 15 is 0 Å². The molecule has 1 aliphatic carbocycles. The third-order valence-electron chi connectivity index (χ3n) is 5.85. The third kappa shape index (κ3) is 6.75. The van der Waals surface area contributed by atoms with E-state index in [1.54, 1.807) is 31.6 Å². The molecule has 0 spiro atoms. The molecule has 3 N–H and O–H groups in total. The van der Waals surface area contributed by atoms with E-state index in [0.29, 0.717) is 28.9 Å². The van der Waals surface area contributed by atoms with Gasteiger partial charge >= 0.3 is 6.09 Å². The van der Waals surface area contributed by atoms with Crippen molar-refractivity contribution in [1.29, 1.82) is 0 Å². The number of carbonyl (C=O) groups is 2. The second-order valence-electron chi connectivity index (χ2n) is 8.35. The number of anilines is 2. The molecule has 0 bridgehead atoms. The van der Waals surface area contributed by atoms with Crippen LogP contribution >= 0.6 is 11.8 Å². The lowest BCUT2D eigenvalue weighted by atomic mass is 9.90. The summed E-state index contributed by atoms with van der Waals surface area (Å²) in [5, 5.41) is 14.3. The van der Waals surface area contributed by atoms with Gasteiger partial charge in [0.15, 0.2) is 0 Å². The summed E-state index contributed by atoms with van der Waals surface area (Å²) >= 11 is 1.44. The van der Waals surface area contributed by atoms with E-state index in [-0.39, 0.29) is 5.91 Å². The Kier molecular flexibility index (Phi) is 8.25. The number of ether oxygens (including phenoxy) is 2. The molecule has 3 aromatic rings. The van der Waals surface area contributed by atoms with Crippen LogP contribution in [0.25, 0.3) is 10.9 Å². The number of thioether (sulfide) groups is 1. The smallest absolute Gasteiger partial charge is 0.409 e. The van der Waals surface area contributed by atoms with Gasteiger partial charge in [-0.1, -0.05) is 19.3 Å². The lowest BCUT2D eigenvalue weighted by molar-refractivity contribution is -0.113. The Morgan fingerprint density at radius 2 is 2.00 bits per heavy atom. The minimum absolute atomic E-state index is 0.0695. The van der Waals surface area contributed by atoms with Crippen LogP contribution in [0.5, 0.6) is 11.6 Å².